The van der Waals surface area contributed by atoms with E-state index in [1.807, 2.05) is 19.9 Å². The summed E-state index contributed by atoms with van der Waals surface area (Å²) in [7, 11) is 0. The lowest BCUT2D eigenvalue weighted by atomic mass is 10.1. The quantitative estimate of drug-likeness (QED) is 0.416. The number of rotatable bonds is 6. The lowest BCUT2D eigenvalue weighted by Crippen LogP contribution is -2.45. The minimum Gasteiger partial charge on any atom is -0.438 e. The summed E-state index contributed by atoms with van der Waals surface area (Å²) in [5.74, 6) is -0.0631. The fourth-order valence-corrected chi connectivity index (χ4v) is 3.99. The third-order valence-corrected chi connectivity index (χ3v) is 5.79. The fourth-order valence-electron chi connectivity index (χ4n) is 3.99. The number of imide groups is 1. The first-order valence-corrected chi connectivity index (χ1v) is 11.2. The van der Waals surface area contributed by atoms with E-state index in [2.05, 4.69) is 20.6 Å². The van der Waals surface area contributed by atoms with Crippen LogP contribution in [0.2, 0.25) is 0 Å². The highest BCUT2D eigenvalue weighted by molar-refractivity contribution is 6.23. The van der Waals surface area contributed by atoms with Gasteiger partial charge in [-0.3, -0.25) is 19.3 Å². The molecule has 1 aliphatic rings. The number of anilines is 1. The maximum atomic E-state index is 12.8. The average Bonchev–Trinajstić information content (AvgIpc) is 3.35. The number of fused-ring (bicyclic) bond motifs is 1. The first kappa shape index (κ1) is 22.9. The zero-order chi connectivity index (χ0) is 25.4. The molecule has 0 bridgehead atoms. The minimum absolute atomic E-state index is 0.301. The van der Waals surface area contributed by atoms with Gasteiger partial charge in [-0.05, 0) is 69.3 Å². The van der Waals surface area contributed by atoms with Crippen molar-refractivity contribution < 1.29 is 19.1 Å². The number of hydrogen-bond acceptors (Lipinski definition) is 7. The number of carbonyl (C=O) groups excluding carboxylic acids is 3. The predicted molar refractivity (Wildman–Crippen MR) is 130 cm³/mol. The van der Waals surface area contributed by atoms with Crippen LogP contribution in [0.3, 0.4) is 0 Å². The van der Waals surface area contributed by atoms with Gasteiger partial charge < -0.3 is 10.1 Å². The molecule has 2 aromatic heterocycles. The van der Waals surface area contributed by atoms with Crippen molar-refractivity contribution in [3.63, 3.8) is 0 Å². The Morgan fingerprint density at radius 3 is 2.14 bits per heavy atom. The molecule has 180 valence electrons. The molecule has 0 spiro atoms. The van der Waals surface area contributed by atoms with Crippen LogP contribution in [0.4, 0.5) is 5.69 Å². The van der Waals surface area contributed by atoms with Gasteiger partial charge in [-0.2, -0.15) is 5.10 Å². The van der Waals surface area contributed by atoms with Crippen LogP contribution in [-0.4, -0.2) is 48.6 Å². The molecule has 2 aromatic carbocycles. The topological polar surface area (TPSA) is 119 Å². The number of benzene rings is 2. The summed E-state index contributed by atoms with van der Waals surface area (Å²) in [5.41, 5.74) is 2.93. The van der Waals surface area contributed by atoms with E-state index in [1.54, 1.807) is 65.3 Å². The number of hydrogen-bond donors (Lipinski definition) is 1. The van der Waals surface area contributed by atoms with Gasteiger partial charge in [0, 0.05) is 17.4 Å². The van der Waals surface area contributed by atoms with E-state index in [9.17, 15) is 14.4 Å². The second-order valence-electron chi connectivity index (χ2n) is 8.39. The normalized spacial score (nSPS) is 13.5. The first-order chi connectivity index (χ1) is 17.3. The van der Waals surface area contributed by atoms with E-state index in [0.717, 1.165) is 16.3 Å². The molecule has 5 rings (SSSR count). The third-order valence-electron chi connectivity index (χ3n) is 5.79. The Labute approximate surface area is 206 Å². The van der Waals surface area contributed by atoms with Crippen molar-refractivity contribution in [2.75, 3.05) is 5.32 Å². The molecule has 10 nitrogen and oxygen atoms in total. The Hall–Kier alpha value is -4.86. The van der Waals surface area contributed by atoms with Crippen molar-refractivity contribution in [2.45, 2.75) is 26.8 Å². The van der Waals surface area contributed by atoms with E-state index in [-0.39, 0.29) is 0 Å². The molecule has 1 aliphatic heterocycles. The Kier molecular flexibility index (Phi) is 5.77. The lowest BCUT2D eigenvalue weighted by molar-refractivity contribution is -0.119. The van der Waals surface area contributed by atoms with E-state index in [1.165, 1.54) is 6.92 Å². The molecular weight excluding hydrogens is 460 g/mol. The van der Waals surface area contributed by atoms with Crippen molar-refractivity contribution in [3.8, 4) is 17.4 Å². The third kappa shape index (κ3) is 4.20. The van der Waals surface area contributed by atoms with Crippen LogP contribution in [0, 0.1) is 13.8 Å². The number of carbonyl (C=O) groups is 3. The van der Waals surface area contributed by atoms with Crippen LogP contribution in [0.15, 0.2) is 66.7 Å². The highest BCUT2D eigenvalue weighted by Gasteiger charge is 2.40. The number of amides is 3. The number of aryl methyl sites for hydroxylation is 2. The summed E-state index contributed by atoms with van der Waals surface area (Å²) in [6, 6.07) is 17.6. The Bertz CT molecular complexity index is 1440. The van der Waals surface area contributed by atoms with E-state index < -0.39 is 23.8 Å². The maximum absolute atomic E-state index is 12.8. The maximum Gasteiger partial charge on any atom is 0.262 e. The molecule has 3 heterocycles. The summed E-state index contributed by atoms with van der Waals surface area (Å²) in [6.45, 7) is 5.36. The molecule has 0 saturated heterocycles. The van der Waals surface area contributed by atoms with E-state index in [4.69, 9.17) is 4.74 Å². The number of ether oxygens (including phenoxy) is 1. The SMILES string of the molecule is Cc1cc(C)n(-c2ccc(Oc3ccc(NC(=O)C(C)N4C(=O)c5ccccc5C4=O)cc3)nn2)n1. The van der Waals surface area contributed by atoms with Gasteiger partial charge in [0.25, 0.3) is 11.8 Å². The summed E-state index contributed by atoms with van der Waals surface area (Å²) in [5, 5.41) is 15.4. The van der Waals surface area contributed by atoms with E-state index in [0.29, 0.717) is 34.3 Å². The van der Waals surface area contributed by atoms with E-state index >= 15 is 0 Å². The van der Waals surface area contributed by atoms with Crippen molar-refractivity contribution in [1.29, 1.82) is 0 Å². The van der Waals surface area contributed by atoms with Crippen molar-refractivity contribution in [3.05, 3.63) is 89.2 Å². The molecule has 0 saturated carbocycles. The minimum atomic E-state index is -0.982. The van der Waals surface area contributed by atoms with Gasteiger partial charge in [-0.1, -0.05) is 12.1 Å². The fraction of sp³-hybridized carbons (Fsp3) is 0.154. The molecule has 3 amide bonds. The van der Waals surface area contributed by atoms with Gasteiger partial charge in [0.1, 0.15) is 11.8 Å². The Morgan fingerprint density at radius 1 is 0.917 bits per heavy atom. The standard InChI is InChI=1S/C26H22N6O4/c1-15-14-16(2)32(30-15)22-12-13-23(29-28-22)36-19-10-8-18(9-11-19)27-24(33)17(3)31-25(34)20-6-4-5-7-21(20)26(31)35/h4-14,17H,1-3H3,(H,27,33). The molecule has 0 fully saturated rings. The van der Waals surface area contributed by atoms with Crippen LogP contribution in [-0.2, 0) is 4.79 Å². The van der Waals surface area contributed by atoms with Gasteiger partial charge in [-0.15, -0.1) is 10.2 Å². The number of nitrogens with zero attached hydrogens (tertiary/aromatic N) is 5. The molecule has 1 unspecified atom stereocenters. The van der Waals surface area contributed by atoms with Crippen LogP contribution >= 0.6 is 0 Å². The Morgan fingerprint density at radius 2 is 1.58 bits per heavy atom. The molecule has 0 radical (unpaired) electrons. The molecule has 4 aromatic rings. The number of nitrogens with one attached hydrogen (secondary N) is 1. The highest BCUT2D eigenvalue weighted by Crippen LogP contribution is 2.26. The van der Waals surface area contributed by atoms with Crippen LogP contribution < -0.4 is 10.1 Å². The van der Waals surface area contributed by atoms with Gasteiger partial charge >= 0.3 is 0 Å². The first-order valence-electron chi connectivity index (χ1n) is 11.2. The zero-order valence-corrected chi connectivity index (χ0v) is 19.8. The van der Waals surface area contributed by atoms with Gasteiger partial charge in [0.15, 0.2) is 5.82 Å². The second kappa shape index (κ2) is 9.06. The smallest absolute Gasteiger partial charge is 0.262 e. The second-order valence-corrected chi connectivity index (χ2v) is 8.39. The molecule has 0 aliphatic carbocycles. The number of aromatic nitrogens is 4. The van der Waals surface area contributed by atoms with Crippen molar-refractivity contribution in [1.82, 2.24) is 24.9 Å². The highest BCUT2D eigenvalue weighted by atomic mass is 16.5. The van der Waals surface area contributed by atoms with Crippen LogP contribution in [0.5, 0.6) is 11.6 Å². The monoisotopic (exact) mass is 482 g/mol. The molecule has 1 N–H and O–H groups in total. The van der Waals surface area contributed by atoms with Crippen LogP contribution in [0.25, 0.3) is 5.82 Å². The largest absolute Gasteiger partial charge is 0.438 e. The van der Waals surface area contributed by atoms with Gasteiger partial charge in [0.05, 0.1) is 16.8 Å². The van der Waals surface area contributed by atoms with Crippen LogP contribution in [0.1, 0.15) is 39.0 Å². The lowest BCUT2D eigenvalue weighted by Gasteiger charge is -2.21. The zero-order valence-electron chi connectivity index (χ0n) is 19.8. The molecule has 36 heavy (non-hydrogen) atoms. The predicted octanol–water partition coefficient (Wildman–Crippen LogP) is 3.69. The average molecular weight is 483 g/mol. The van der Waals surface area contributed by atoms with Crippen molar-refractivity contribution >= 4 is 23.4 Å². The van der Waals surface area contributed by atoms with Gasteiger partial charge in [0.2, 0.25) is 11.8 Å². The van der Waals surface area contributed by atoms with Gasteiger partial charge in [-0.25, -0.2) is 4.68 Å². The molecule has 10 heteroatoms. The Balaban J connectivity index is 1.22. The molecular formula is C26H22N6O4. The summed E-state index contributed by atoms with van der Waals surface area (Å²) < 4.78 is 7.44. The van der Waals surface area contributed by atoms with Crippen molar-refractivity contribution in [2.24, 2.45) is 0 Å². The summed E-state index contributed by atoms with van der Waals surface area (Å²) in [4.78, 5) is 39.0. The summed E-state index contributed by atoms with van der Waals surface area (Å²) >= 11 is 0. The summed E-state index contributed by atoms with van der Waals surface area (Å²) in [6.07, 6.45) is 0. The molecule has 1 atom stereocenters.